The Balaban J connectivity index is 0.00000225. The lowest BCUT2D eigenvalue weighted by Gasteiger charge is -2.20. The molecule has 0 atom stereocenters. The molecule has 0 radical (unpaired) electrons. The maximum absolute atomic E-state index is 12.5. The first-order valence-corrected chi connectivity index (χ1v) is 8.61. The SMILES string of the molecule is Cc1cc(Br)cc(NC(=O)CN2C(=O)NC3(CCCC3)C2=O)c1N.Cl. The molecule has 25 heavy (non-hydrogen) atoms. The quantitative estimate of drug-likeness (QED) is 0.505. The van der Waals surface area contributed by atoms with Gasteiger partial charge in [-0.15, -0.1) is 12.4 Å². The number of nitrogens with one attached hydrogen (secondary N) is 2. The van der Waals surface area contributed by atoms with Gasteiger partial charge in [0.2, 0.25) is 5.91 Å². The molecule has 7 nitrogen and oxygen atoms in total. The highest BCUT2D eigenvalue weighted by Gasteiger charge is 2.52. The van der Waals surface area contributed by atoms with Crippen LogP contribution in [-0.2, 0) is 9.59 Å². The van der Waals surface area contributed by atoms with Crippen molar-refractivity contribution in [2.75, 3.05) is 17.6 Å². The zero-order valence-electron chi connectivity index (χ0n) is 13.7. The first-order valence-electron chi connectivity index (χ1n) is 7.82. The molecule has 4 N–H and O–H groups in total. The van der Waals surface area contributed by atoms with Gasteiger partial charge in [0, 0.05) is 4.47 Å². The van der Waals surface area contributed by atoms with E-state index in [4.69, 9.17) is 5.73 Å². The Hall–Kier alpha value is -1.80. The number of nitrogen functional groups attached to an aromatic ring is 1. The van der Waals surface area contributed by atoms with E-state index in [1.54, 1.807) is 6.07 Å². The van der Waals surface area contributed by atoms with E-state index in [-0.39, 0.29) is 24.9 Å². The highest BCUT2D eigenvalue weighted by Crippen LogP contribution is 2.35. The van der Waals surface area contributed by atoms with Gasteiger partial charge in [0.15, 0.2) is 0 Å². The predicted octanol–water partition coefficient (Wildman–Crippen LogP) is 2.56. The van der Waals surface area contributed by atoms with Crippen LogP contribution in [0.25, 0.3) is 0 Å². The standard InChI is InChI=1S/C16H19BrN4O3.ClH/c1-9-6-10(17)7-11(13(9)18)19-12(22)8-21-14(23)16(20-15(21)24)4-2-3-5-16;/h6-7H,2-5,8,18H2,1H3,(H,19,22)(H,20,24);1H. The van der Waals surface area contributed by atoms with Crippen LogP contribution < -0.4 is 16.4 Å². The molecule has 9 heteroatoms. The van der Waals surface area contributed by atoms with Crippen molar-refractivity contribution < 1.29 is 14.4 Å². The Labute approximate surface area is 160 Å². The second-order valence-electron chi connectivity index (χ2n) is 6.34. The number of hydrogen-bond acceptors (Lipinski definition) is 4. The summed E-state index contributed by atoms with van der Waals surface area (Å²) in [4.78, 5) is 37.9. The summed E-state index contributed by atoms with van der Waals surface area (Å²) in [6.45, 7) is 1.51. The predicted molar refractivity (Wildman–Crippen MR) is 101 cm³/mol. The van der Waals surface area contributed by atoms with Gasteiger partial charge < -0.3 is 16.4 Å². The summed E-state index contributed by atoms with van der Waals surface area (Å²) in [5.41, 5.74) is 6.89. The molecule has 0 bridgehead atoms. The number of hydrogen-bond donors (Lipinski definition) is 3. The number of urea groups is 1. The second kappa shape index (κ2) is 7.21. The molecule has 2 fully saturated rings. The van der Waals surface area contributed by atoms with Crippen molar-refractivity contribution in [3.05, 3.63) is 22.2 Å². The van der Waals surface area contributed by atoms with E-state index >= 15 is 0 Å². The van der Waals surface area contributed by atoms with E-state index in [0.717, 1.165) is 27.8 Å². The number of halogens is 2. The van der Waals surface area contributed by atoms with E-state index in [0.29, 0.717) is 24.2 Å². The van der Waals surface area contributed by atoms with Crippen LogP contribution in [-0.4, -0.2) is 34.8 Å². The highest BCUT2D eigenvalue weighted by atomic mass is 79.9. The van der Waals surface area contributed by atoms with Gasteiger partial charge in [0.25, 0.3) is 5.91 Å². The van der Waals surface area contributed by atoms with Crippen LogP contribution in [0.2, 0.25) is 0 Å². The Kier molecular flexibility index (Phi) is 5.63. The lowest BCUT2D eigenvalue weighted by molar-refractivity contribution is -0.133. The van der Waals surface area contributed by atoms with Gasteiger partial charge >= 0.3 is 6.03 Å². The number of rotatable bonds is 3. The Morgan fingerprint density at radius 3 is 2.64 bits per heavy atom. The van der Waals surface area contributed by atoms with Gasteiger partial charge in [0.05, 0.1) is 11.4 Å². The smallest absolute Gasteiger partial charge is 0.325 e. The molecular weight excluding hydrogens is 412 g/mol. The van der Waals surface area contributed by atoms with Crippen molar-refractivity contribution in [1.82, 2.24) is 10.2 Å². The summed E-state index contributed by atoms with van der Waals surface area (Å²) in [7, 11) is 0. The number of anilines is 2. The van der Waals surface area contributed by atoms with Crippen molar-refractivity contribution in [1.29, 1.82) is 0 Å². The Bertz CT molecular complexity index is 734. The van der Waals surface area contributed by atoms with Gasteiger partial charge in [-0.25, -0.2) is 4.79 Å². The molecule has 1 aliphatic carbocycles. The van der Waals surface area contributed by atoms with E-state index in [9.17, 15) is 14.4 Å². The Morgan fingerprint density at radius 2 is 2.00 bits per heavy atom. The van der Waals surface area contributed by atoms with Crippen LogP contribution in [0.4, 0.5) is 16.2 Å². The molecule has 3 rings (SSSR count). The van der Waals surface area contributed by atoms with Crippen molar-refractivity contribution in [2.24, 2.45) is 0 Å². The summed E-state index contributed by atoms with van der Waals surface area (Å²) in [6, 6.07) is 3.02. The lowest BCUT2D eigenvalue weighted by atomic mass is 9.98. The molecule has 1 heterocycles. The minimum absolute atomic E-state index is 0. The van der Waals surface area contributed by atoms with Gasteiger partial charge in [-0.3, -0.25) is 14.5 Å². The van der Waals surface area contributed by atoms with E-state index in [1.165, 1.54) is 0 Å². The molecule has 4 amide bonds. The average Bonchev–Trinajstić information content (AvgIpc) is 3.06. The monoisotopic (exact) mass is 430 g/mol. The van der Waals surface area contributed by atoms with E-state index in [1.807, 2.05) is 13.0 Å². The fourth-order valence-electron chi connectivity index (χ4n) is 3.33. The first-order chi connectivity index (χ1) is 11.3. The third kappa shape index (κ3) is 3.59. The largest absolute Gasteiger partial charge is 0.397 e. The van der Waals surface area contributed by atoms with Crippen LogP contribution in [0.5, 0.6) is 0 Å². The maximum atomic E-state index is 12.5. The molecule has 136 valence electrons. The molecule has 2 aliphatic rings. The lowest BCUT2D eigenvalue weighted by Crippen LogP contribution is -2.44. The van der Waals surface area contributed by atoms with E-state index < -0.39 is 17.5 Å². The van der Waals surface area contributed by atoms with Crippen molar-refractivity contribution >= 4 is 57.6 Å². The van der Waals surface area contributed by atoms with Crippen LogP contribution in [0.1, 0.15) is 31.2 Å². The number of nitrogens with two attached hydrogens (primary N) is 1. The number of aryl methyl sites for hydroxylation is 1. The van der Waals surface area contributed by atoms with Crippen molar-refractivity contribution in [3.8, 4) is 0 Å². The number of carbonyl (C=O) groups is 3. The topological polar surface area (TPSA) is 105 Å². The molecule has 0 unspecified atom stereocenters. The fourth-order valence-corrected chi connectivity index (χ4v) is 3.90. The number of nitrogens with zero attached hydrogens (tertiary/aromatic N) is 1. The zero-order chi connectivity index (χ0) is 17.5. The van der Waals surface area contributed by atoms with Gasteiger partial charge in [-0.05, 0) is 37.5 Å². The van der Waals surface area contributed by atoms with Crippen LogP contribution >= 0.6 is 28.3 Å². The zero-order valence-corrected chi connectivity index (χ0v) is 16.1. The third-order valence-electron chi connectivity index (χ3n) is 4.63. The van der Waals surface area contributed by atoms with Crippen LogP contribution in [0.3, 0.4) is 0 Å². The first kappa shape index (κ1) is 19.5. The summed E-state index contributed by atoms with van der Waals surface area (Å²) in [5.74, 6) is -0.767. The van der Waals surface area contributed by atoms with Crippen LogP contribution in [0, 0.1) is 6.92 Å². The molecule has 1 saturated carbocycles. The van der Waals surface area contributed by atoms with Crippen molar-refractivity contribution in [2.45, 2.75) is 38.1 Å². The molecule has 0 aromatic heterocycles. The number of amides is 4. The summed E-state index contributed by atoms with van der Waals surface area (Å²) in [6.07, 6.45) is 3.07. The third-order valence-corrected chi connectivity index (χ3v) is 5.09. The Morgan fingerprint density at radius 1 is 1.36 bits per heavy atom. The summed E-state index contributed by atoms with van der Waals surface area (Å²) < 4.78 is 0.782. The molecular formula is C16H20BrClN4O3. The minimum Gasteiger partial charge on any atom is -0.397 e. The molecule has 1 spiro atoms. The minimum atomic E-state index is -0.803. The van der Waals surface area contributed by atoms with Crippen molar-refractivity contribution in [3.63, 3.8) is 0 Å². The number of carbonyl (C=O) groups excluding carboxylic acids is 3. The van der Waals surface area contributed by atoms with E-state index in [2.05, 4.69) is 26.6 Å². The van der Waals surface area contributed by atoms with Crippen LogP contribution in [0.15, 0.2) is 16.6 Å². The molecule has 1 aromatic rings. The maximum Gasteiger partial charge on any atom is 0.325 e. The normalized spacial score (nSPS) is 18.2. The van der Waals surface area contributed by atoms with Gasteiger partial charge in [-0.1, -0.05) is 28.8 Å². The molecule has 1 aliphatic heterocycles. The fraction of sp³-hybridized carbons (Fsp3) is 0.438. The van der Waals surface area contributed by atoms with Gasteiger partial charge in [0.1, 0.15) is 12.1 Å². The van der Waals surface area contributed by atoms with Gasteiger partial charge in [-0.2, -0.15) is 0 Å². The summed E-state index contributed by atoms with van der Waals surface area (Å²) >= 11 is 3.35. The second-order valence-corrected chi connectivity index (χ2v) is 7.26. The molecule has 1 aromatic carbocycles. The highest BCUT2D eigenvalue weighted by molar-refractivity contribution is 9.10. The molecule has 1 saturated heterocycles. The average molecular weight is 432 g/mol. The number of benzene rings is 1. The number of imide groups is 1. The summed E-state index contributed by atoms with van der Waals surface area (Å²) in [5, 5.41) is 5.42.